The number of nitrogens with one attached hydrogen (secondary N) is 1. The maximum Gasteiger partial charge on any atom is 0.242 e. The summed E-state index contributed by atoms with van der Waals surface area (Å²) >= 11 is 0. The molecule has 0 aliphatic heterocycles. The molecule has 0 spiro atoms. The first-order valence-electron chi connectivity index (χ1n) is 10.6. The molecular weight excluding hydrogens is 360 g/mol. The van der Waals surface area contributed by atoms with Gasteiger partial charge in [-0.1, -0.05) is 61.5 Å². The smallest absolute Gasteiger partial charge is 0.242 e. The minimum atomic E-state index is -0.490. The number of amides is 2. The molecule has 0 bridgehead atoms. The average molecular weight is 395 g/mol. The van der Waals surface area contributed by atoms with Crippen LogP contribution in [0.5, 0.6) is 0 Å². The molecule has 1 N–H and O–H groups in total. The van der Waals surface area contributed by atoms with Crippen LogP contribution < -0.4 is 5.32 Å². The molecule has 2 amide bonds. The maximum atomic E-state index is 13.0. The van der Waals surface area contributed by atoms with E-state index >= 15 is 0 Å². The van der Waals surface area contributed by atoms with E-state index in [-0.39, 0.29) is 17.9 Å². The van der Waals surface area contributed by atoms with Crippen molar-refractivity contribution in [3.63, 3.8) is 0 Å². The van der Waals surface area contributed by atoms with Crippen LogP contribution in [0.4, 0.5) is 0 Å². The first-order chi connectivity index (χ1) is 13.9. The molecule has 0 radical (unpaired) electrons. The van der Waals surface area contributed by atoms with Gasteiger partial charge in [-0.15, -0.1) is 0 Å². The Balaban J connectivity index is 2.04. The molecule has 2 aromatic rings. The lowest BCUT2D eigenvalue weighted by atomic mass is 10.0. The minimum Gasteiger partial charge on any atom is -0.352 e. The number of benzene rings is 2. The van der Waals surface area contributed by atoms with Crippen LogP contribution >= 0.6 is 0 Å². The van der Waals surface area contributed by atoms with Gasteiger partial charge in [-0.25, -0.2) is 0 Å². The number of nitrogens with zero attached hydrogens (tertiary/aromatic N) is 1. The quantitative estimate of drug-likeness (QED) is 0.658. The number of aryl methyl sites for hydroxylation is 2. The lowest BCUT2D eigenvalue weighted by Gasteiger charge is -2.29. The molecule has 29 heavy (non-hydrogen) atoms. The highest BCUT2D eigenvalue weighted by atomic mass is 16.2. The van der Waals surface area contributed by atoms with Gasteiger partial charge in [0.15, 0.2) is 0 Å². The van der Waals surface area contributed by atoms with E-state index in [1.807, 2.05) is 39.0 Å². The number of carbonyl (C=O) groups excluding carboxylic acids is 2. The second-order valence-corrected chi connectivity index (χ2v) is 7.83. The van der Waals surface area contributed by atoms with Crippen molar-refractivity contribution >= 4 is 11.8 Å². The summed E-state index contributed by atoms with van der Waals surface area (Å²) < 4.78 is 0. The van der Waals surface area contributed by atoms with Crippen LogP contribution in [0.25, 0.3) is 0 Å². The molecule has 0 unspecified atom stereocenters. The van der Waals surface area contributed by atoms with Gasteiger partial charge in [-0.2, -0.15) is 0 Å². The summed E-state index contributed by atoms with van der Waals surface area (Å²) in [5.74, 6) is -0.0828. The molecule has 0 saturated heterocycles. The molecule has 1 atom stereocenters. The van der Waals surface area contributed by atoms with Crippen LogP contribution in [0.15, 0.2) is 54.6 Å². The van der Waals surface area contributed by atoms with Crippen molar-refractivity contribution in [3.05, 3.63) is 71.3 Å². The van der Waals surface area contributed by atoms with Crippen molar-refractivity contribution in [1.29, 1.82) is 0 Å². The molecule has 0 aliphatic rings. The Morgan fingerprint density at radius 2 is 1.45 bits per heavy atom. The Morgan fingerprint density at radius 1 is 0.862 bits per heavy atom. The average Bonchev–Trinajstić information content (AvgIpc) is 2.72. The second-order valence-electron chi connectivity index (χ2n) is 7.83. The zero-order valence-electron chi connectivity index (χ0n) is 18.2. The van der Waals surface area contributed by atoms with Crippen LogP contribution in [0.3, 0.4) is 0 Å². The minimum absolute atomic E-state index is 0.0203. The van der Waals surface area contributed by atoms with Gasteiger partial charge < -0.3 is 10.2 Å². The van der Waals surface area contributed by atoms with E-state index in [9.17, 15) is 9.59 Å². The number of rotatable bonds is 10. The highest BCUT2D eigenvalue weighted by Crippen LogP contribution is 2.12. The van der Waals surface area contributed by atoms with Gasteiger partial charge >= 0.3 is 0 Å². The fraction of sp³-hybridized carbons (Fsp3) is 0.440. The summed E-state index contributed by atoms with van der Waals surface area (Å²) in [4.78, 5) is 27.3. The van der Waals surface area contributed by atoms with Gasteiger partial charge in [0.2, 0.25) is 11.8 Å². The van der Waals surface area contributed by atoms with E-state index in [1.165, 1.54) is 5.56 Å². The summed E-state index contributed by atoms with van der Waals surface area (Å²) in [6.07, 6.45) is 2.83. The summed E-state index contributed by atoms with van der Waals surface area (Å²) in [6, 6.07) is 18.1. The monoisotopic (exact) mass is 394 g/mol. The number of carbonyl (C=O) groups is 2. The summed E-state index contributed by atoms with van der Waals surface area (Å²) in [6.45, 7) is 8.34. The molecule has 4 heteroatoms. The van der Waals surface area contributed by atoms with Gasteiger partial charge in [0.1, 0.15) is 6.04 Å². The molecular formula is C25H34N2O2. The van der Waals surface area contributed by atoms with Gasteiger partial charge in [0, 0.05) is 19.0 Å². The first kappa shape index (κ1) is 22.7. The normalized spacial score (nSPS) is 11.9. The predicted octanol–water partition coefficient (Wildman–Crippen LogP) is 4.17. The van der Waals surface area contributed by atoms with Gasteiger partial charge in [0.05, 0.1) is 0 Å². The molecule has 2 rings (SSSR count). The molecule has 2 aromatic carbocycles. The maximum absolute atomic E-state index is 13.0. The van der Waals surface area contributed by atoms with Gasteiger partial charge in [-0.3, -0.25) is 9.59 Å². The molecule has 4 nitrogen and oxygen atoms in total. The third-order valence-corrected chi connectivity index (χ3v) is 5.14. The Bertz CT molecular complexity index is 769. The number of hydrogen-bond donors (Lipinski definition) is 1. The topological polar surface area (TPSA) is 49.4 Å². The van der Waals surface area contributed by atoms with Crippen molar-refractivity contribution in [3.8, 4) is 0 Å². The summed E-state index contributed by atoms with van der Waals surface area (Å²) in [5.41, 5.74) is 3.61. The Morgan fingerprint density at radius 3 is 2.03 bits per heavy atom. The molecule has 0 saturated carbocycles. The lowest BCUT2D eigenvalue weighted by molar-refractivity contribution is -0.140. The van der Waals surface area contributed by atoms with E-state index in [0.717, 1.165) is 24.0 Å². The fourth-order valence-corrected chi connectivity index (χ4v) is 3.31. The summed E-state index contributed by atoms with van der Waals surface area (Å²) in [5, 5.41) is 2.93. The Hall–Kier alpha value is -2.62. The van der Waals surface area contributed by atoms with Gasteiger partial charge in [0.25, 0.3) is 0 Å². The van der Waals surface area contributed by atoms with Crippen LogP contribution in [0.2, 0.25) is 0 Å². The number of hydrogen-bond acceptors (Lipinski definition) is 2. The van der Waals surface area contributed by atoms with Crippen molar-refractivity contribution in [2.24, 2.45) is 0 Å². The zero-order chi connectivity index (χ0) is 21.2. The highest BCUT2D eigenvalue weighted by molar-refractivity contribution is 5.87. The second kappa shape index (κ2) is 11.4. The molecule has 0 fully saturated rings. The molecule has 156 valence electrons. The molecule has 0 aliphatic carbocycles. The van der Waals surface area contributed by atoms with Crippen LogP contribution in [0.1, 0.15) is 50.8 Å². The van der Waals surface area contributed by atoms with Crippen molar-refractivity contribution in [1.82, 2.24) is 10.2 Å². The highest BCUT2D eigenvalue weighted by Gasteiger charge is 2.25. The third kappa shape index (κ3) is 7.37. The Labute approximate surface area is 175 Å². The van der Waals surface area contributed by atoms with E-state index < -0.39 is 6.04 Å². The Kier molecular flexibility index (Phi) is 8.91. The van der Waals surface area contributed by atoms with Crippen LogP contribution in [0, 0.1) is 0 Å². The van der Waals surface area contributed by atoms with Crippen molar-refractivity contribution < 1.29 is 9.59 Å². The van der Waals surface area contributed by atoms with E-state index in [0.29, 0.717) is 19.4 Å². The SMILES string of the molecule is CCc1ccc(CCC(=O)N(CCc2ccccc2)[C@H](C)C(=O)NC(C)C)cc1. The van der Waals surface area contributed by atoms with E-state index in [1.54, 1.807) is 4.90 Å². The fourth-order valence-electron chi connectivity index (χ4n) is 3.31. The standard InChI is InChI=1S/C25H34N2O2/c1-5-21-11-13-23(14-12-21)15-16-24(28)27(20(4)25(29)26-19(2)3)18-17-22-9-7-6-8-10-22/h6-14,19-20H,5,15-18H2,1-4H3,(H,26,29)/t20-/m1/s1. The van der Waals surface area contributed by atoms with E-state index in [4.69, 9.17) is 0 Å². The molecule has 0 aromatic heterocycles. The van der Waals surface area contributed by atoms with Crippen LogP contribution in [-0.4, -0.2) is 35.3 Å². The van der Waals surface area contributed by atoms with E-state index in [2.05, 4.69) is 48.6 Å². The first-order valence-corrected chi connectivity index (χ1v) is 10.6. The van der Waals surface area contributed by atoms with Crippen molar-refractivity contribution in [2.75, 3.05) is 6.54 Å². The van der Waals surface area contributed by atoms with Crippen molar-refractivity contribution in [2.45, 2.75) is 65.5 Å². The van der Waals surface area contributed by atoms with Crippen LogP contribution in [-0.2, 0) is 28.9 Å². The predicted molar refractivity (Wildman–Crippen MR) is 119 cm³/mol. The molecule has 0 heterocycles. The largest absolute Gasteiger partial charge is 0.352 e. The zero-order valence-corrected chi connectivity index (χ0v) is 18.2. The van der Waals surface area contributed by atoms with Gasteiger partial charge in [-0.05, 0) is 56.7 Å². The third-order valence-electron chi connectivity index (χ3n) is 5.14. The lowest BCUT2D eigenvalue weighted by Crippen LogP contribution is -2.50. The summed E-state index contributed by atoms with van der Waals surface area (Å²) in [7, 11) is 0.